The lowest BCUT2D eigenvalue weighted by Crippen LogP contribution is -2.47. The van der Waals surface area contributed by atoms with E-state index < -0.39 is 0 Å². The molecule has 0 N–H and O–H groups in total. The fraction of sp³-hybridized carbons (Fsp3) is 0.579. The average molecular weight is 321 g/mol. The normalized spacial score (nSPS) is 17.4. The predicted octanol–water partition coefficient (Wildman–Crippen LogP) is 4.84. The van der Waals surface area contributed by atoms with Crippen molar-refractivity contribution in [3.05, 3.63) is 40.9 Å². The first-order chi connectivity index (χ1) is 10.5. The van der Waals surface area contributed by atoms with Crippen molar-refractivity contribution in [1.29, 1.82) is 0 Å². The third-order valence-corrected chi connectivity index (χ3v) is 4.60. The second kappa shape index (κ2) is 8.59. The SMILES string of the molecule is CC(C)=CCCC(C)CN1CCN(c2ccc(Cl)cc2)CC1. The molecule has 0 amide bonds. The highest BCUT2D eigenvalue weighted by molar-refractivity contribution is 6.30. The van der Waals surface area contributed by atoms with Crippen LogP contribution >= 0.6 is 11.6 Å². The van der Waals surface area contributed by atoms with E-state index >= 15 is 0 Å². The lowest BCUT2D eigenvalue weighted by atomic mass is 10.0. The van der Waals surface area contributed by atoms with E-state index in [1.807, 2.05) is 12.1 Å². The summed E-state index contributed by atoms with van der Waals surface area (Å²) in [4.78, 5) is 5.07. The lowest BCUT2D eigenvalue weighted by Gasteiger charge is -2.37. The summed E-state index contributed by atoms with van der Waals surface area (Å²) in [5.74, 6) is 0.776. The molecule has 1 aromatic carbocycles. The molecular formula is C19H29ClN2. The maximum Gasteiger partial charge on any atom is 0.0407 e. The highest BCUT2D eigenvalue weighted by Gasteiger charge is 2.18. The molecule has 0 spiro atoms. The van der Waals surface area contributed by atoms with Gasteiger partial charge in [0.05, 0.1) is 0 Å². The van der Waals surface area contributed by atoms with Gasteiger partial charge in [-0.2, -0.15) is 0 Å². The van der Waals surface area contributed by atoms with E-state index in [9.17, 15) is 0 Å². The molecule has 3 heteroatoms. The van der Waals surface area contributed by atoms with Crippen LogP contribution in [0.2, 0.25) is 5.02 Å². The Labute approximate surface area is 140 Å². The third-order valence-electron chi connectivity index (χ3n) is 4.35. The number of hydrogen-bond acceptors (Lipinski definition) is 2. The molecule has 1 aliphatic heterocycles. The van der Waals surface area contributed by atoms with Crippen LogP contribution < -0.4 is 4.90 Å². The molecule has 0 saturated carbocycles. The van der Waals surface area contributed by atoms with Crippen LogP contribution in [-0.2, 0) is 0 Å². The summed E-state index contributed by atoms with van der Waals surface area (Å²) in [6.07, 6.45) is 4.87. The molecule has 122 valence electrons. The Morgan fingerprint density at radius 3 is 2.36 bits per heavy atom. The first-order valence-electron chi connectivity index (χ1n) is 8.41. The van der Waals surface area contributed by atoms with Crippen molar-refractivity contribution < 1.29 is 0 Å². The number of piperazine rings is 1. The highest BCUT2D eigenvalue weighted by Crippen LogP contribution is 2.20. The maximum atomic E-state index is 5.96. The van der Waals surface area contributed by atoms with E-state index in [2.05, 4.69) is 48.8 Å². The Kier molecular flexibility index (Phi) is 6.78. The van der Waals surface area contributed by atoms with Crippen LogP contribution in [0.5, 0.6) is 0 Å². The Hall–Kier alpha value is -0.990. The molecule has 1 atom stereocenters. The van der Waals surface area contributed by atoms with E-state index in [0.29, 0.717) is 0 Å². The average Bonchev–Trinajstić information content (AvgIpc) is 2.48. The molecule has 0 radical (unpaired) electrons. The zero-order valence-electron chi connectivity index (χ0n) is 14.2. The largest absolute Gasteiger partial charge is 0.369 e. The minimum atomic E-state index is 0.776. The van der Waals surface area contributed by atoms with Crippen molar-refractivity contribution in [2.45, 2.75) is 33.6 Å². The van der Waals surface area contributed by atoms with E-state index in [1.54, 1.807) is 0 Å². The first kappa shape index (κ1) is 17.4. The smallest absolute Gasteiger partial charge is 0.0407 e. The van der Waals surface area contributed by atoms with Crippen molar-refractivity contribution in [3.8, 4) is 0 Å². The molecule has 2 rings (SSSR count). The summed E-state index contributed by atoms with van der Waals surface area (Å²) >= 11 is 5.96. The zero-order chi connectivity index (χ0) is 15.9. The van der Waals surface area contributed by atoms with Crippen LogP contribution in [0.4, 0.5) is 5.69 Å². The van der Waals surface area contributed by atoms with E-state index in [1.165, 1.54) is 30.6 Å². The molecule has 0 aliphatic carbocycles. The van der Waals surface area contributed by atoms with Crippen molar-refractivity contribution in [2.24, 2.45) is 5.92 Å². The fourth-order valence-corrected chi connectivity index (χ4v) is 3.16. The standard InChI is InChI=1S/C19H29ClN2/c1-16(2)5-4-6-17(3)15-21-11-13-22(14-12-21)19-9-7-18(20)8-10-19/h5,7-10,17H,4,6,11-15H2,1-3H3. The molecule has 1 heterocycles. The van der Waals surface area contributed by atoms with Crippen molar-refractivity contribution >= 4 is 17.3 Å². The second-order valence-corrected chi connectivity index (χ2v) is 7.16. The van der Waals surface area contributed by atoms with Crippen LogP contribution in [0, 0.1) is 5.92 Å². The van der Waals surface area contributed by atoms with Crippen LogP contribution in [0.25, 0.3) is 0 Å². The van der Waals surface area contributed by atoms with Crippen molar-refractivity contribution in [3.63, 3.8) is 0 Å². The molecule has 0 bridgehead atoms. The van der Waals surface area contributed by atoms with Crippen molar-refractivity contribution in [2.75, 3.05) is 37.6 Å². The molecule has 22 heavy (non-hydrogen) atoms. The Balaban J connectivity index is 1.72. The number of anilines is 1. The number of halogens is 1. The summed E-state index contributed by atoms with van der Waals surface area (Å²) in [6.45, 7) is 12.5. The molecule has 1 aliphatic rings. The van der Waals surface area contributed by atoms with Gasteiger partial charge in [-0.3, -0.25) is 4.90 Å². The molecular weight excluding hydrogens is 292 g/mol. The van der Waals surface area contributed by atoms with E-state index in [4.69, 9.17) is 11.6 Å². The summed E-state index contributed by atoms with van der Waals surface area (Å²) in [5.41, 5.74) is 2.73. The molecule has 1 unspecified atom stereocenters. The van der Waals surface area contributed by atoms with Gasteiger partial charge < -0.3 is 4.90 Å². The van der Waals surface area contributed by atoms with Crippen LogP contribution in [0.1, 0.15) is 33.6 Å². The van der Waals surface area contributed by atoms with Gasteiger partial charge in [0.1, 0.15) is 0 Å². The third kappa shape index (κ3) is 5.66. The van der Waals surface area contributed by atoms with Gasteiger partial charge in [-0.05, 0) is 56.9 Å². The molecule has 2 nitrogen and oxygen atoms in total. The second-order valence-electron chi connectivity index (χ2n) is 6.73. The van der Waals surface area contributed by atoms with Gasteiger partial charge in [-0.25, -0.2) is 0 Å². The van der Waals surface area contributed by atoms with Crippen LogP contribution in [0.3, 0.4) is 0 Å². The predicted molar refractivity (Wildman–Crippen MR) is 97.9 cm³/mol. The van der Waals surface area contributed by atoms with E-state index in [-0.39, 0.29) is 0 Å². The van der Waals surface area contributed by atoms with Gasteiger partial charge in [0.15, 0.2) is 0 Å². The monoisotopic (exact) mass is 320 g/mol. The highest BCUT2D eigenvalue weighted by atomic mass is 35.5. The fourth-order valence-electron chi connectivity index (χ4n) is 3.03. The minimum Gasteiger partial charge on any atom is -0.369 e. The number of rotatable bonds is 6. The van der Waals surface area contributed by atoms with Gasteiger partial charge in [-0.15, -0.1) is 0 Å². The molecule has 0 aromatic heterocycles. The minimum absolute atomic E-state index is 0.776. The lowest BCUT2D eigenvalue weighted by molar-refractivity contribution is 0.220. The van der Waals surface area contributed by atoms with Gasteiger partial charge in [0.2, 0.25) is 0 Å². The van der Waals surface area contributed by atoms with Gasteiger partial charge >= 0.3 is 0 Å². The Morgan fingerprint density at radius 1 is 1.14 bits per heavy atom. The van der Waals surface area contributed by atoms with Gasteiger partial charge in [0, 0.05) is 43.4 Å². The van der Waals surface area contributed by atoms with E-state index in [0.717, 1.165) is 37.1 Å². The number of benzene rings is 1. The summed E-state index contributed by atoms with van der Waals surface area (Å²) in [7, 11) is 0. The zero-order valence-corrected chi connectivity index (χ0v) is 14.9. The van der Waals surface area contributed by atoms with Crippen LogP contribution in [-0.4, -0.2) is 37.6 Å². The first-order valence-corrected chi connectivity index (χ1v) is 8.78. The Bertz CT molecular complexity index is 469. The number of nitrogens with zero attached hydrogens (tertiary/aromatic N) is 2. The summed E-state index contributed by atoms with van der Waals surface area (Å²) < 4.78 is 0. The maximum absolute atomic E-state index is 5.96. The molecule has 1 saturated heterocycles. The van der Waals surface area contributed by atoms with Gasteiger partial charge in [0.25, 0.3) is 0 Å². The van der Waals surface area contributed by atoms with Crippen molar-refractivity contribution in [1.82, 2.24) is 4.90 Å². The summed E-state index contributed by atoms with van der Waals surface area (Å²) in [5, 5.41) is 0.813. The Morgan fingerprint density at radius 2 is 1.77 bits per heavy atom. The topological polar surface area (TPSA) is 6.48 Å². The summed E-state index contributed by atoms with van der Waals surface area (Å²) in [6, 6.07) is 8.21. The van der Waals surface area contributed by atoms with Gasteiger partial charge in [-0.1, -0.05) is 30.2 Å². The quantitative estimate of drug-likeness (QED) is 0.692. The number of allylic oxidation sites excluding steroid dienone is 2. The van der Waals surface area contributed by atoms with Crippen LogP contribution in [0.15, 0.2) is 35.9 Å². The number of hydrogen-bond donors (Lipinski definition) is 0. The molecule has 1 fully saturated rings. The molecule has 1 aromatic rings.